The Labute approximate surface area is 174 Å². The molecule has 1 heterocycles. The number of aromatic nitrogens is 1. The number of aromatic amines is 1. The highest BCUT2D eigenvalue weighted by atomic mass is 32.2. The lowest BCUT2D eigenvalue weighted by atomic mass is 10.1. The third kappa shape index (κ3) is 3.70. The van der Waals surface area contributed by atoms with Gasteiger partial charge in [-0.1, -0.05) is 42.5 Å². The zero-order chi connectivity index (χ0) is 21.5. The van der Waals surface area contributed by atoms with Crippen LogP contribution in [0.3, 0.4) is 0 Å². The molecule has 4 rings (SSSR count). The van der Waals surface area contributed by atoms with Crippen LogP contribution in [0.4, 0.5) is 5.69 Å². The van der Waals surface area contributed by atoms with Crippen molar-refractivity contribution in [1.82, 2.24) is 4.98 Å². The van der Waals surface area contributed by atoms with Gasteiger partial charge in [0.25, 0.3) is 10.0 Å². The van der Waals surface area contributed by atoms with Crippen molar-refractivity contribution in [1.29, 1.82) is 0 Å². The molecule has 0 saturated heterocycles. The number of hydrogen-bond acceptors (Lipinski definition) is 4. The number of H-pyrrole nitrogens is 1. The number of hydrogen-bond donors (Lipinski definition) is 3. The zero-order valence-corrected chi connectivity index (χ0v) is 17.6. The molecule has 0 aliphatic carbocycles. The number of rotatable bonds is 5. The number of benzene rings is 3. The van der Waals surface area contributed by atoms with Crippen LogP contribution in [0.1, 0.15) is 5.56 Å². The first-order valence-corrected chi connectivity index (χ1v) is 12.0. The Balaban J connectivity index is 1.76. The average Bonchev–Trinajstić information content (AvgIpc) is 3.04. The Bertz CT molecular complexity index is 1470. The van der Waals surface area contributed by atoms with Crippen LogP contribution in [-0.4, -0.2) is 21.8 Å². The highest BCUT2D eigenvalue weighted by Gasteiger charge is 2.21. The van der Waals surface area contributed by atoms with Crippen molar-refractivity contribution in [3.63, 3.8) is 0 Å². The second-order valence-corrected chi connectivity index (χ2v) is 10.1. The Hall–Kier alpha value is -3.14. The highest BCUT2D eigenvalue weighted by molar-refractivity contribution is 7.93. The van der Waals surface area contributed by atoms with Crippen molar-refractivity contribution in [2.24, 2.45) is 5.14 Å². The number of primary sulfonamides is 1. The van der Waals surface area contributed by atoms with E-state index in [0.717, 1.165) is 22.2 Å². The minimum atomic E-state index is -4.09. The molecule has 3 aromatic carbocycles. The third-order valence-electron chi connectivity index (χ3n) is 4.84. The van der Waals surface area contributed by atoms with E-state index in [1.165, 1.54) is 30.3 Å². The maximum Gasteiger partial charge on any atom is 0.261 e. The topological polar surface area (TPSA) is 122 Å². The van der Waals surface area contributed by atoms with Crippen LogP contribution in [0.2, 0.25) is 0 Å². The van der Waals surface area contributed by atoms with Crippen molar-refractivity contribution in [2.45, 2.75) is 16.7 Å². The maximum absolute atomic E-state index is 13.0. The number of para-hydroxylation sites is 2. The molecule has 0 aliphatic heterocycles. The van der Waals surface area contributed by atoms with E-state index in [1.54, 1.807) is 12.1 Å². The minimum absolute atomic E-state index is 0.00211. The second-order valence-electron chi connectivity index (χ2n) is 6.85. The molecule has 4 N–H and O–H groups in total. The molecule has 30 heavy (non-hydrogen) atoms. The molecule has 0 amide bonds. The van der Waals surface area contributed by atoms with Crippen LogP contribution in [0.5, 0.6) is 0 Å². The summed E-state index contributed by atoms with van der Waals surface area (Å²) in [5, 5.41) is 6.26. The van der Waals surface area contributed by atoms with E-state index in [0.29, 0.717) is 5.56 Å². The van der Waals surface area contributed by atoms with Crippen molar-refractivity contribution in [2.75, 3.05) is 4.72 Å². The standard InChI is InChI=1S/C21H19N3O4S2/c1-14-17-9-2-3-10-18(17)23-21(14)15-7-6-8-16(13-15)30(27,28)24-19-11-4-5-12-20(19)29(22,25)26/h2-13,23-24H,1H3,(H2,22,25,26). The highest BCUT2D eigenvalue weighted by Crippen LogP contribution is 2.31. The number of anilines is 1. The lowest BCUT2D eigenvalue weighted by Gasteiger charge is -2.12. The van der Waals surface area contributed by atoms with Gasteiger partial charge in [-0.2, -0.15) is 0 Å². The molecule has 154 valence electrons. The molecular formula is C21H19N3O4S2. The Kier molecular flexibility index (Phi) is 4.89. The average molecular weight is 442 g/mol. The first-order chi connectivity index (χ1) is 14.2. The van der Waals surface area contributed by atoms with Crippen LogP contribution < -0.4 is 9.86 Å². The molecule has 0 atom stereocenters. The van der Waals surface area contributed by atoms with Crippen LogP contribution in [0.25, 0.3) is 22.2 Å². The summed E-state index contributed by atoms with van der Waals surface area (Å²) < 4.78 is 51.8. The number of sulfonamides is 2. The summed E-state index contributed by atoms with van der Waals surface area (Å²) in [5.41, 5.74) is 3.38. The van der Waals surface area contributed by atoms with Gasteiger partial charge in [-0.3, -0.25) is 4.72 Å². The van der Waals surface area contributed by atoms with Gasteiger partial charge in [-0.25, -0.2) is 22.0 Å². The molecule has 0 spiro atoms. The van der Waals surface area contributed by atoms with Gasteiger partial charge in [-0.15, -0.1) is 0 Å². The summed E-state index contributed by atoms with van der Waals surface area (Å²) >= 11 is 0. The van der Waals surface area contributed by atoms with Crippen LogP contribution in [0.15, 0.2) is 82.6 Å². The summed E-state index contributed by atoms with van der Waals surface area (Å²) in [6, 6.07) is 19.9. The van der Waals surface area contributed by atoms with E-state index >= 15 is 0 Å². The van der Waals surface area contributed by atoms with Gasteiger partial charge in [0, 0.05) is 16.6 Å². The number of nitrogens with one attached hydrogen (secondary N) is 2. The number of fused-ring (bicyclic) bond motifs is 1. The molecular weight excluding hydrogens is 422 g/mol. The minimum Gasteiger partial charge on any atom is -0.354 e. The van der Waals surface area contributed by atoms with E-state index in [1.807, 2.05) is 37.3 Å². The van der Waals surface area contributed by atoms with Gasteiger partial charge in [-0.05, 0) is 48.4 Å². The van der Waals surface area contributed by atoms with Crippen molar-refractivity contribution in [3.8, 4) is 11.3 Å². The van der Waals surface area contributed by atoms with Crippen molar-refractivity contribution >= 4 is 36.6 Å². The van der Waals surface area contributed by atoms with Gasteiger partial charge in [0.05, 0.1) is 10.6 Å². The van der Waals surface area contributed by atoms with Gasteiger partial charge in [0.2, 0.25) is 10.0 Å². The molecule has 9 heteroatoms. The monoisotopic (exact) mass is 441 g/mol. The van der Waals surface area contributed by atoms with Crippen LogP contribution in [0, 0.1) is 6.92 Å². The van der Waals surface area contributed by atoms with Gasteiger partial charge in [0.1, 0.15) is 4.90 Å². The largest absolute Gasteiger partial charge is 0.354 e. The summed E-state index contributed by atoms with van der Waals surface area (Å²) in [4.78, 5) is 3.03. The van der Waals surface area contributed by atoms with Gasteiger partial charge >= 0.3 is 0 Å². The molecule has 0 bridgehead atoms. The van der Waals surface area contributed by atoms with E-state index in [-0.39, 0.29) is 15.5 Å². The lowest BCUT2D eigenvalue weighted by molar-refractivity contribution is 0.598. The Morgan fingerprint density at radius 3 is 2.30 bits per heavy atom. The molecule has 0 radical (unpaired) electrons. The molecule has 1 aromatic heterocycles. The summed E-state index contributed by atoms with van der Waals surface area (Å²) in [6.07, 6.45) is 0. The molecule has 0 unspecified atom stereocenters. The second kappa shape index (κ2) is 7.28. The molecule has 0 fully saturated rings. The normalized spacial score (nSPS) is 12.2. The first-order valence-electron chi connectivity index (χ1n) is 8.99. The Morgan fingerprint density at radius 1 is 0.867 bits per heavy atom. The lowest BCUT2D eigenvalue weighted by Crippen LogP contribution is -2.18. The SMILES string of the molecule is Cc1c(-c2cccc(S(=O)(=O)Nc3ccccc3S(N)(=O)=O)c2)[nH]c2ccccc12. The smallest absolute Gasteiger partial charge is 0.261 e. The molecule has 7 nitrogen and oxygen atoms in total. The zero-order valence-electron chi connectivity index (χ0n) is 16.0. The first kappa shape index (κ1) is 20.1. The number of aryl methyl sites for hydroxylation is 1. The van der Waals surface area contributed by atoms with Crippen LogP contribution in [-0.2, 0) is 20.0 Å². The molecule has 0 aliphatic rings. The Morgan fingerprint density at radius 2 is 1.57 bits per heavy atom. The van der Waals surface area contributed by atoms with Gasteiger partial charge in [0.15, 0.2) is 0 Å². The fourth-order valence-electron chi connectivity index (χ4n) is 3.39. The predicted molar refractivity (Wildman–Crippen MR) is 117 cm³/mol. The van der Waals surface area contributed by atoms with Crippen molar-refractivity contribution < 1.29 is 16.8 Å². The van der Waals surface area contributed by atoms with E-state index in [4.69, 9.17) is 5.14 Å². The summed E-state index contributed by atoms with van der Waals surface area (Å²) in [5.74, 6) is 0. The van der Waals surface area contributed by atoms with Crippen molar-refractivity contribution in [3.05, 3.63) is 78.4 Å². The van der Waals surface area contributed by atoms with Crippen LogP contribution >= 0.6 is 0 Å². The summed E-state index contributed by atoms with van der Waals surface area (Å²) in [7, 11) is -8.15. The van der Waals surface area contributed by atoms with E-state index in [9.17, 15) is 16.8 Å². The van der Waals surface area contributed by atoms with Gasteiger partial charge < -0.3 is 4.98 Å². The quantitative estimate of drug-likeness (QED) is 0.438. The summed E-state index contributed by atoms with van der Waals surface area (Å²) in [6.45, 7) is 1.97. The molecule has 4 aromatic rings. The number of nitrogens with two attached hydrogens (primary N) is 1. The molecule has 0 saturated carbocycles. The predicted octanol–water partition coefficient (Wildman–Crippen LogP) is 3.59. The fraction of sp³-hybridized carbons (Fsp3) is 0.0476. The van der Waals surface area contributed by atoms with E-state index in [2.05, 4.69) is 9.71 Å². The maximum atomic E-state index is 13.0. The third-order valence-corrected chi connectivity index (χ3v) is 7.17. The fourth-order valence-corrected chi connectivity index (χ4v) is 5.28. The van der Waals surface area contributed by atoms with E-state index < -0.39 is 20.0 Å².